The van der Waals surface area contributed by atoms with E-state index < -0.39 is 29.6 Å². The van der Waals surface area contributed by atoms with Crippen LogP contribution in [-0.2, 0) is 17.4 Å². The predicted molar refractivity (Wildman–Crippen MR) is 123 cm³/mol. The smallest absolute Gasteiger partial charge is 0.416 e. The molecule has 0 unspecified atom stereocenters. The minimum Gasteiger partial charge on any atom is -0.465 e. The number of hydrogen-bond acceptors (Lipinski definition) is 3. The van der Waals surface area contributed by atoms with Crippen LogP contribution in [0.2, 0.25) is 0 Å². The second-order valence-corrected chi connectivity index (χ2v) is 8.68. The van der Waals surface area contributed by atoms with Gasteiger partial charge in [-0.3, -0.25) is 9.59 Å². The largest absolute Gasteiger partial charge is 0.465 e. The number of hydrogen-bond donors (Lipinski definition) is 4. The number of benzene rings is 2. The van der Waals surface area contributed by atoms with Gasteiger partial charge in [0.1, 0.15) is 0 Å². The third-order valence-electron chi connectivity index (χ3n) is 6.16. The molecule has 4 N–H and O–H groups in total. The van der Waals surface area contributed by atoms with Gasteiger partial charge >= 0.3 is 12.3 Å². The van der Waals surface area contributed by atoms with Crippen LogP contribution in [0.15, 0.2) is 54.6 Å². The molecule has 2 aromatic rings. The first-order valence-electron chi connectivity index (χ1n) is 11.4. The molecule has 3 atom stereocenters. The van der Waals surface area contributed by atoms with E-state index in [1.54, 1.807) is 0 Å². The molecule has 0 heterocycles. The molecule has 1 aliphatic carbocycles. The summed E-state index contributed by atoms with van der Waals surface area (Å²) in [4.78, 5) is 35.9. The number of nitrogens with one attached hydrogen (secondary N) is 3. The zero-order valence-electron chi connectivity index (χ0n) is 19.0. The van der Waals surface area contributed by atoms with Gasteiger partial charge in [-0.05, 0) is 61.8 Å². The molecule has 0 aliphatic heterocycles. The zero-order valence-corrected chi connectivity index (χ0v) is 19.0. The lowest BCUT2D eigenvalue weighted by atomic mass is 9.78. The summed E-state index contributed by atoms with van der Waals surface area (Å²) < 4.78 is 38.6. The van der Waals surface area contributed by atoms with E-state index in [4.69, 9.17) is 5.11 Å². The van der Waals surface area contributed by atoms with Crippen molar-refractivity contribution in [1.29, 1.82) is 0 Å². The van der Waals surface area contributed by atoms with E-state index in [2.05, 4.69) is 16.0 Å². The van der Waals surface area contributed by atoms with Gasteiger partial charge in [-0.25, -0.2) is 4.79 Å². The number of alkyl halides is 3. The Morgan fingerprint density at radius 3 is 2.40 bits per heavy atom. The van der Waals surface area contributed by atoms with Crippen molar-refractivity contribution in [3.05, 3.63) is 71.3 Å². The van der Waals surface area contributed by atoms with Gasteiger partial charge in [0, 0.05) is 17.6 Å². The van der Waals surface area contributed by atoms with E-state index in [9.17, 15) is 27.6 Å². The van der Waals surface area contributed by atoms with Crippen molar-refractivity contribution in [2.45, 2.75) is 50.4 Å². The fraction of sp³-hybridized carbons (Fsp3) is 0.400. The highest BCUT2D eigenvalue weighted by Crippen LogP contribution is 2.30. The molecule has 7 nitrogen and oxygen atoms in total. The SMILES string of the molecule is O=C(O)N[C@@H]1CC[C@H](NC(=O)CNC(=O)c2cccc(C(F)(F)F)c2)[C@@H](CCc2ccccc2)C1. The molecular weight excluding hydrogens is 463 g/mol. The molecule has 0 radical (unpaired) electrons. The molecule has 188 valence electrons. The maximum Gasteiger partial charge on any atom is 0.416 e. The minimum absolute atomic E-state index is 0.0175. The van der Waals surface area contributed by atoms with Crippen LogP contribution in [0.5, 0.6) is 0 Å². The molecule has 1 fully saturated rings. The molecular formula is C25H28F3N3O4. The Kier molecular flexibility index (Phi) is 8.73. The lowest BCUT2D eigenvalue weighted by molar-refractivity contribution is -0.137. The second-order valence-electron chi connectivity index (χ2n) is 8.68. The second kappa shape index (κ2) is 11.7. The standard InChI is InChI=1S/C25H28F3N3O4/c26-25(27,28)19-8-4-7-18(13-19)23(33)29-15-22(32)31-21-12-11-20(30-24(34)35)14-17(21)10-9-16-5-2-1-3-6-16/h1-8,13,17,20-21,30H,9-12,14-15H2,(H,29,33)(H,31,32)(H,34,35)/t17-,20+,21-/m0/s1. The Morgan fingerprint density at radius 1 is 0.971 bits per heavy atom. The Morgan fingerprint density at radius 2 is 1.71 bits per heavy atom. The first-order chi connectivity index (χ1) is 16.6. The molecule has 3 rings (SSSR count). The fourth-order valence-electron chi connectivity index (χ4n) is 4.43. The summed E-state index contributed by atoms with van der Waals surface area (Å²) in [6, 6.07) is 13.4. The van der Waals surface area contributed by atoms with Crippen LogP contribution in [0.1, 0.15) is 47.2 Å². The molecule has 2 aromatic carbocycles. The maximum absolute atomic E-state index is 12.9. The third kappa shape index (κ3) is 8.01. The van der Waals surface area contributed by atoms with Crippen molar-refractivity contribution >= 4 is 17.9 Å². The van der Waals surface area contributed by atoms with Gasteiger partial charge in [-0.1, -0.05) is 36.4 Å². The summed E-state index contributed by atoms with van der Waals surface area (Å²) in [6.45, 7) is -0.381. The molecule has 0 bridgehead atoms. The van der Waals surface area contributed by atoms with Gasteiger partial charge in [0.25, 0.3) is 5.91 Å². The molecule has 0 saturated heterocycles. The minimum atomic E-state index is -4.57. The highest BCUT2D eigenvalue weighted by Gasteiger charge is 2.33. The Bertz CT molecular complexity index is 1030. The maximum atomic E-state index is 12.9. The lowest BCUT2D eigenvalue weighted by Gasteiger charge is -2.36. The molecule has 35 heavy (non-hydrogen) atoms. The van der Waals surface area contributed by atoms with E-state index >= 15 is 0 Å². The van der Waals surface area contributed by atoms with Crippen molar-refractivity contribution in [2.75, 3.05) is 6.54 Å². The highest BCUT2D eigenvalue weighted by molar-refractivity contribution is 5.96. The Hall–Kier alpha value is -3.56. The lowest BCUT2D eigenvalue weighted by Crippen LogP contribution is -2.50. The van der Waals surface area contributed by atoms with Crippen molar-refractivity contribution in [3.8, 4) is 0 Å². The van der Waals surface area contributed by atoms with Crippen molar-refractivity contribution in [1.82, 2.24) is 16.0 Å². The molecule has 3 amide bonds. The van der Waals surface area contributed by atoms with Crippen LogP contribution in [0.25, 0.3) is 0 Å². The normalized spacial score (nSPS) is 20.0. The summed E-state index contributed by atoms with van der Waals surface area (Å²) in [5, 5.41) is 16.9. The number of halogens is 3. The molecule has 0 spiro atoms. The number of carbonyl (C=O) groups is 3. The number of carboxylic acid groups (broad SMARTS) is 1. The number of carbonyl (C=O) groups excluding carboxylic acids is 2. The van der Waals surface area contributed by atoms with Crippen LogP contribution in [0.4, 0.5) is 18.0 Å². The summed E-state index contributed by atoms with van der Waals surface area (Å²) in [5.74, 6) is -1.21. The van der Waals surface area contributed by atoms with Crippen LogP contribution in [0.3, 0.4) is 0 Å². The first-order valence-corrected chi connectivity index (χ1v) is 11.4. The quantitative estimate of drug-likeness (QED) is 0.448. The van der Waals surface area contributed by atoms with Crippen molar-refractivity contribution in [3.63, 3.8) is 0 Å². The zero-order chi connectivity index (χ0) is 25.4. The Labute approximate surface area is 201 Å². The van der Waals surface area contributed by atoms with Gasteiger partial charge < -0.3 is 21.1 Å². The molecule has 10 heteroatoms. The average Bonchev–Trinajstić information content (AvgIpc) is 2.82. The van der Waals surface area contributed by atoms with Gasteiger partial charge in [-0.15, -0.1) is 0 Å². The summed E-state index contributed by atoms with van der Waals surface area (Å²) in [6.07, 6.45) is -2.45. The highest BCUT2D eigenvalue weighted by atomic mass is 19.4. The number of amides is 3. The van der Waals surface area contributed by atoms with Gasteiger partial charge in [0.15, 0.2) is 0 Å². The first kappa shape index (κ1) is 26.1. The van der Waals surface area contributed by atoms with Gasteiger partial charge in [0.05, 0.1) is 12.1 Å². The molecule has 1 saturated carbocycles. The van der Waals surface area contributed by atoms with E-state index in [1.807, 2.05) is 30.3 Å². The topological polar surface area (TPSA) is 108 Å². The van der Waals surface area contributed by atoms with E-state index in [1.165, 1.54) is 6.07 Å². The van der Waals surface area contributed by atoms with Crippen LogP contribution >= 0.6 is 0 Å². The van der Waals surface area contributed by atoms with Crippen molar-refractivity contribution in [2.24, 2.45) is 5.92 Å². The monoisotopic (exact) mass is 491 g/mol. The predicted octanol–water partition coefficient (Wildman–Crippen LogP) is 3.99. The number of rotatable bonds is 8. The summed E-state index contributed by atoms with van der Waals surface area (Å²) >= 11 is 0. The van der Waals surface area contributed by atoms with E-state index in [-0.39, 0.29) is 30.1 Å². The van der Waals surface area contributed by atoms with E-state index in [0.29, 0.717) is 19.3 Å². The Balaban J connectivity index is 1.57. The fourth-order valence-corrected chi connectivity index (χ4v) is 4.43. The van der Waals surface area contributed by atoms with Crippen LogP contribution in [0, 0.1) is 5.92 Å². The number of aryl methyl sites for hydroxylation is 1. The summed E-state index contributed by atoms with van der Waals surface area (Å²) in [7, 11) is 0. The van der Waals surface area contributed by atoms with Crippen LogP contribution in [-0.4, -0.2) is 41.6 Å². The third-order valence-corrected chi connectivity index (χ3v) is 6.16. The van der Waals surface area contributed by atoms with Gasteiger partial charge in [-0.2, -0.15) is 13.2 Å². The average molecular weight is 492 g/mol. The van der Waals surface area contributed by atoms with E-state index in [0.717, 1.165) is 36.6 Å². The van der Waals surface area contributed by atoms with Crippen molar-refractivity contribution < 1.29 is 32.7 Å². The molecule has 0 aromatic heterocycles. The summed E-state index contributed by atoms with van der Waals surface area (Å²) in [5.41, 5.74) is 0.00968. The van der Waals surface area contributed by atoms with Gasteiger partial charge in [0.2, 0.25) is 5.91 Å². The van der Waals surface area contributed by atoms with Crippen LogP contribution < -0.4 is 16.0 Å². The molecule has 1 aliphatic rings.